The Kier molecular flexibility index (Phi) is 3.29. The molecule has 0 saturated carbocycles. The first-order chi connectivity index (χ1) is 7.18. The van der Waals surface area contributed by atoms with Gasteiger partial charge in [-0.25, -0.2) is 0 Å². The van der Waals surface area contributed by atoms with Crippen LogP contribution in [0.2, 0.25) is 0 Å². The van der Waals surface area contributed by atoms with E-state index >= 15 is 0 Å². The molecule has 0 atom stereocenters. The Labute approximate surface area is 92.2 Å². The highest BCUT2D eigenvalue weighted by molar-refractivity contribution is 5.80. The largest absolute Gasteiger partial charge is 0.342 e. The number of likely N-dealkylation sites (tertiary alicyclic amines) is 1. The number of nitrogens with zero attached hydrogens (tertiary/aromatic N) is 1. The van der Waals surface area contributed by atoms with Crippen molar-refractivity contribution in [3.8, 4) is 0 Å². The molecule has 0 aromatic carbocycles. The van der Waals surface area contributed by atoms with Crippen molar-refractivity contribution in [2.75, 3.05) is 26.2 Å². The molecule has 0 aliphatic carbocycles. The van der Waals surface area contributed by atoms with Crippen LogP contribution >= 0.6 is 0 Å². The Morgan fingerprint density at radius 1 is 1.27 bits per heavy atom. The molecule has 0 spiro atoms. The predicted molar refractivity (Wildman–Crippen MR) is 60.5 cm³/mol. The minimum Gasteiger partial charge on any atom is -0.342 e. The van der Waals surface area contributed by atoms with Crippen molar-refractivity contribution < 1.29 is 4.79 Å². The van der Waals surface area contributed by atoms with Crippen molar-refractivity contribution in [2.45, 2.75) is 26.7 Å². The standard InChI is InChI=1S/C12H22N2O/c1-9(2)10-3-5-14(6-4-10)12(15)11-7-13-8-11/h9-11,13H,3-8H2,1-2H3. The molecule has 0 aromatic heterocycles. The Morgan fingerprint density at radius 2 is 1.87 bits per heavy atom. The van der Waals surface area contributed by atoms with Gasteiger partial charge in [0.25, 0.3) is 0 Å². The second-order valence-electron chi connectivity index (χ2n) is 5.26. The zero-order valence-electron chi connectivity index (χ0n) is 9.83. The minimum atomic E-state index is 0.278. The fourth-order valence-corrected chi connectivity index (χ4v) is 2.51. The van der Waals surface area contributed by atoms with Gasteiger partial charge in [-0.2, -0.15) is 0 Å². The molecular formula is C12H22N2O. The average molecular weight is 210 g/mol. The van der Waals surface area contributed by atoms with Gasteiger partial charge in [0.15, 0.2) is 0 Å². The number of rotatable bonds is 2. The van der Waals surface area contributed by atoms with Crippen LogP contribution in [-0.2, 0) is 4.79 Å². The third-order valence-electron chi connectivity index (χ3n) is 3.92. The number of carbonyl (C=O) groups is 1. The molecule has 2 saturated heterocycles. The number of hydrogen-bond donors (Lipinski definition) is 1. The summed E-state index contributed by atoms with van der Waals surface area (Å²) < 4.78 is 0. The van der Waals surface area contributed by atoms with Gasteiger partial charge in [0.05, 0.1) is 5.92 Å². The smallest absolute Gasteiger partial charge is 0.228 e. The fraction of sp³-hybridized carbons (Fsp3) is 0.917. The van der Waals surface area contributed by atoms with Gasteiger partial charge in [0.1, 0.15) is 0 Å². The number of hydrogen-bond acceptors (Lipinski definition) is 2. The molecule has 15 heavy (non-hydrogen) atoms. The predicted octanol–water partition coefficient (Wildman–Crippen LogP) is 1.10. The van der Waals surface area contributed by atoms with Crippen LogP contribution in [0.5, 0.6) is 0 Å². The van der Waals surface area contributed by atoms with E-state index in [0.717, 1.165) is 38.0 Å². The molecule has 2 fully saturated rings. The maximum atomic E-state index is 11.9. The number of amides is 1. The molecule has 3 heteroatoms. The van der Waals surface area contributed by atoms with Gasteiger partial charge in [-0.05, 0) is 24.7 Å². The number of carbonyl (C=O) groups excluding carboxylic acids is 1. The molecule has 86 valence electrons. The first-order valence-electron chi connectivity index (χ1n) is 6.18. The molecule has 0 radical (unpaired) electrons. The number of piperidine rings is 1. The molecule has 0 unspecified atom stereocenters. The van der Waals surface area contributed by atoms with Crippen molar-refractivity contribution in [1.29, 1.82) is 0 Å². The molecule has 2 aliphatic heterocycles. The van der Waals surface area contributed by atoms with Gasteiger partial charge in [-0.3, -0.25) is 4.79 Å². The molecule has 3 nitrogen and oxygen atoms in total. The van der Waals surface area contributed by atoms with E-state index in [1.807, 2.05) is 0 Å². The summed E-state index contributed by atoms with van der Waals surface area (Å²) in [4.78, 5) is 14.0. The van der Waals surface area contributed by atoms with Gasteiger partial charge in [-0.1, -0.05) is 13.8 Å². The van der Waals surface area contributed by atoms with Crippen LogP contribution in [0.25, 0.3) is 0 Å². The zero-order valence-corrected chi connectivity index (χ0v) is 9.83. The van der Waals surface area contributed by atoms with Gasteiger partial charge >= 0.3 is 0 Å². The molecule has 0 aromatic rings. The molecule has 1 N–H and O–H groups in total. The van der Waals surface area contributed by atoms with Gasteiger partial charge < -0.3 is 10.2 Å². The highest BCUT2D eigenvalue weighted by atomic mass is 16.2. The lowest BCUT2D eigenvalue weighted by Crippen LogP contribution is -2.53. The highest BCUT2D eigenvalue weighted by Gasteiger charge is 2.31. The van der Waals surface area contributed by atoms with E-state index in [1.165, 1.54) is 12.8 Å². The van der Waals surface area contributed by atoms with E-state index in [4.69, 9.17) is 0 Å². The molecule has 2 heterocycles. The summed E-state index contributed by atoms with van der Waals surface area (Å²) in [6, 6.07) is 0. The van der Waals surface area contributed by atoms with Crippen LogP contribution in [0.15, 0.2) is 0 Å². The Hall–Kier alpha value is -0.570. The minimum absolute atomic E-state index is 0.278. The normalized spacial score (nSPS) is 24.3. The maximum absolute atomic E-state index is 11.9. The Morgan fingerprint density at radius 3 is 2.27 bits per heavy atom. The van der Waals surface area contributed by atoms with Crippen LogP contribution < -0.4 is 5.32 Å². The fourth-order valence-electron chi connectivity index (χ4n) is 2.51. The molecule has 0 bridgehead atoms. The van der Waals surface area contributed by atoms with Crippen LogP contribution in [0, 0.1) is 17.8 Å². The lowest BCUT2D eigenvalue weighted by atomic mass is 9.86. The van der Waals surface area contributed by atoms with Crippen molar-refractivity contribution >= 4 is 5.91 Å². The Bertz CT molecular complexity index is 228. The maximum Gasteiger partial charge on any atom is 0.228 e. The van der Waals surface area contributed by atoms with E-state index < -0.39 is 0 Å². The highest BCUT2D eigenvalue weighted by Crippen LogP contribution is 2.25. The van der Waals surface area contributed by atoms with E-state index in [1.54, 1.807) is 0 Å². The van der Waals surface area contributed by atoms with Crippen molar-refractivity contribution in [3.63, 3.8) is 0 Å². The van der Waals surface area contributed by atoms with E-state index in [-0.39, 0.29) is 5.92 Å². The average Bonchev–Trinajstić information content (AvgIpc) is 2.15. The van der Waals surface area contributed by atoms with Gasteiger partial charge in [0.2, 0.25) is 5.91 Å². The third kappa shape index (κ3) is 2.33. The van der Waals surface area contributed by atoms with E-state index in [2.05, 4.69) is 24.1 Å². The van der Waals surface area contributed by atoms with Gasteiger partial charge in [-0.15, -0.1) is 0 Å². The van der Waals surface area contributed by atoms with Crippen LogP contribution in [0.3, 0.4) is 0 Å². The van der Waals surface area contributed by atoms with Crippen molar-refractivity contribution in [3.05, 3.63) is 0 Å². The Balaban J connectivity index is 1.79. The third-order valence-corrected chi connectivity index (χ3v) is 3.92. The zero-order chi connectivity index (χ0) is 10.8. The summed E-state index contributed by atoms with van der Waals surface area (Å²) in [5.41, 5.74) is 0. The second-order valence-corrected chi connectivity index (χ2v) is 5.26. The second kappa shape index (κ2) is 4.52. The summed E-state index contributed by atoms with van der Waals surface area (Å²) in [6.07, 6.45) is 2.40. The van der Waals surface area contributed by atoms with Gasteiger partial charge in [0, 0.05) is 26.2 Å². The monoisotopic (exact) mass is 210 g/mol. The van der Waals surface area contributed by atoms with Crippen molar-refractivity contribution in [2.24, 2.45) is 17.8 Å². The molecule has 2 aliphatic rings. The topological polar surface area (TPSA) is 32.3 Å². The lowest BCUT2D eigenvalue weighted by molar-refractivity contribution is -0.138. The van der Waals surface area contributed by atoms with Crippen LogP contribution in [0.4, 0.5) is 0 Å². The van der Waals surface area contributed by atoms with Crippen molar-refractivity contribution in [1.82, 2.24) is 10.2 Å². The first-order valence-corrected chi connectivity index (χ1v) is 6.18. The summed E-state index contributed by atoms with van der Waals surface area (Å²) in [5, 5.41) is 3.16. The van der Waals surface area contributed by atoms with Crippen LogP contribution in [0.1, 0.15) is 26.7 Å². The summed E-state index contributed by atoms with van der Waals surface area (Å²) in [5.74, 6) is 2.26. The molecular weight excluding hydrogens is 188 g/mol. The van der Waals surface area contributed by atoms with E-state index in [0.29, 0.717) is 5.91 Å². The SMILES string of the molecule is CC(C)C1CCN(C(=O)C2CNC2)CC1. The summed E-state index contributed by atoms with van der Waals surface area (Å²) in [7, 11) is 0. The van der Waals surface area contributed by atoms with E-state index in [9.17, 15) is 4.79 Å². The summed E-state index contributed by atoms with van der Waals surface area (Å²) in [6.45, 7) is 8.33. The molecule has 2 rings (SSSR count). The number of nitrogens with one attached hydrogen (secondary N) is 1. The van der Waals surface area contributed by atoms with Crippen LogP contribution in [-0.4, -0.2) is 37.0 Å². The first kappa shape index (κ1) is 10.9. The quantitative estimate of drug-likeness (QED) is 0.740. The lowest BCUT2D eigenvalue weighted by Gasteiger charge is -2.38. The molecule has 1 amide bonds. The summed E-state index contributed by atoms with van der Waals surface area (Å²) >= 11 is 0.